The van der Waals surface area contributed by atoms with Gasteiger partial charge in [-0.05, 0) is 35.4 Å². The predicted octanol–water partition coefficient (Wildman–Crippen LogP) is 3.64. The molecule has 0 unspecified atom stereocenters. The fourth-order valence-electron chi connectivity index (χ4n) is 2.11. The van der Waals surface area contributed by atoms with Gasteiger partial charge < -0.3 is 15.0 Å². The van der Waals surface area contributed by atoms with Gasteiger partial charge >= 0.3 is 6.03 Å². The Bertz CT molecular complexity index is 646. The SMILES string of the molecule is COCc1cccc(NC(=O)N(C)Cc2cccc(F)c2)c1. The second-order valence-electron chi connectivity index (χ2n) is 5.05. The number of amides is 2. The molecule has 0 spiro atoms. The van der Waals surface area contributed by atoms with Gasteiger partial charge in [0.15, 0.2) is 0 Å². The molecule has 4 nitrogen and oxygen atoms in total. The zero-order chi connectivity index (χ0) is 15.9. The lowest BCUT2D eigenvalue weighted by Gasteiger charge is -2.18. The first-order valence-corrected chi connectivity index (χ1v) is 6.93. The lowest BCUT2D eigenvalue weighted by atomic mass is 10.2. The average molecular weight is 302 g/mol. The summed E-state index contributed by atoms with van der Waals surface area (Å²) in [5.41, 5.74) is 2.42. The van der Waals surface area contributed by atoms with Crippen molar-refractivity contribution < 1.29 is 13.9 Å². The van der Waals surface area contributed by atoms with E-state index in [0.717, 1.165) is 11.1 Å². The van der Waals surface area contributed by atoms with Crippen LogP contribution >= 0.6 is 0 Å². The average Bonchev–Trinajstić information content (AvgIpc) is 2.48. The minimum Gasteiger partial charge on any atom is -0.380 e. The molecule has 0 aliphatic rings. The molecule has 2 amide bonds. The van der Waals surface area contributed by atoms with Gasteiger partial charge in [0.05, 0.1) is 6.61 Å². The summed E-state index contributed by atoms with van der Waals surface area (Å²) < 4.78 is 18.2. The molecule has 1 N–H and O–H groups in total. The molecule has 0 fully saturated rings. The van der Waals surface area contributed by atoms with Crippen molar-refractivity contribution in [1.29, 1.82) is 0 Å². The summed E-state index contributed by atoms with van der Waals surface area (Å²) in [5, 5.41) is 2.81. The largest absolute Gasteiger partial charge is 0.380 e. The molecule has 0 saturated heterocycles. The second kappa shape index (κ2) is 7.56. The molecule has 2 aromatic carbocycles. The summed E-state index contributed by atoms with van der Waals surface area (Å²) in [6.07, 6.45) is 0. The zero-order valence-electron chi connectivity index (χ0n) is 12.7. The summed E-state index contributed by atoms with van der Waals surface area (Å²) in [4.78, 5) is 13.7. The molecular weight excluding hydrogens is 283 g/mol. The summed E-state index contributed by atoms with van der Waals surface area (Å²) in [5.74, 6) is -0.307. The maximum Gasteiger partial charge on any atom is 0.321 e. The zero-order valence-corrected chi connectivity index (χ0v) is 12.7. The van der Waals surface area contributed by atoms with Crippen molar-refractivity contribution in [2.75, 3.05) is 19.5 Å². The Morgan fingerprint density at radius 1 is 1.18 bits per heavy atom. The number of nitrogens with zero attached hydrogens (tertiary/aromatic N) is 1. The van der Waals surface area contributed by atoms with Gasteiger partial charge in [-0.25, -0.2) is 9.18 Å². The van der Waals surface area contributed by atoms with E-state index in [1.165, 1.54) is 17.0 Å². The van der Waals surface area contributed by atoms with Gasteiger partial charge in [-0.3, -0.25) is 0 Å². The molecule has 5 heteroatoms. The first kappa shape index (κ1) is 16.0. The monoisotopic (exact) mass is 302 g/mol. The number of nitrogens with one attached hydrogen (secondary N) is 1. The van der Waals surface area contributed by atoms with Crippen LogP contribution in [0.3, 0.4) is 0 Å². The first-order valence-electron chi connectivity index (χ1n) is 6.93. The number of benzene rings is 2. The Morgan fingerprint density at radius 3 is 2.64 bits per heavy atom. The minimum absolute atomic E-state index is 0.251. The van der Waals surface area contributed by atoms with Crippen molar-refractivity contribution in [3.63, 3.8) is 0 Å². The first-order chi connectivity index (χ1) is 10.6. The molecule has 0 bridgehead atoms. The molecule has 0 atom stereocenters. The topological polar surface area (TPSA) is 41.6 Å². The maximum atomic E-state index is 13.2. The van der Waals surface area contributed by atoms with E-state index in [1.54, 1.807) is 26.3 Å². The molecule has 2 rings (SSSR count). The number of rotatable bonds is 5. The summed E-state index contributed by atoms with van der Waals surface area (Å²) in [6.45, 7) is 0.824. The summed E-state index contributed by atoms with van der Waals surface area (Å²) in [6, 6.07) is 13.4. The van der Waals surface area contributed by atoms with Crippen molar-refractivity contribution in [3.8, 4) is 0 Å². The highest BCUT2D eigenvalue weighted by atomic mass is 19.1. The van der Waals surface area contributed by atoms with E-state index in [9.17, 15) is 9.18 Å². The van der Waals surface area contributed by atoms with Gasteiger partial charge in [-0.15, -0.1) is 0 Å². The third-order valence-corrected chi connectivity index (χ3v) is 3.14. The standard InChI is InChI=1S/C17H19FN2O2/c1-20(11-13-5-3-7-15(18)9-13)17(21)19-16-8-4-6-14(10-16)12-22-2/h3-10H,11-12H2,1-2H3,(H,19,21). The quantitative estimate of drug-likeness (QED) is 0.916. The molecule has 22 heavy (non-hydrogen) atoms. The van der Waals surface area contributed by atoms with Crippen molar-refractivity contribution in [2.45, 2.75) is 13.2 Å². The fourth-order valence-corrected chi connectivity index (χ4v) is 2.11. The number of halogens is 1. The van der Waals surface area contributed by atoms with E-state index < -0.39 is 0 Å². The maximum absolute atomic E-state index is 13.2. The molecule has 0 aliphatic carbocycles. The third kappa shape index (κ3) is 4.56. The highest BCUT2D eigenvalue weighted by Crippen LogP contribution is 2.13. The number of anilines is 1. The van der Waals surface area contributed by atoms with Crippen LogP contribution in [0.15, 0.2) is 48.5 Å². The van der Waals surface area contributed by atoms with Crippen LogP contribution in [0, 0.1) is 5.82 Å². The van der Waals surface area contributed by atoms with Crippen LogP contribution in [0.2, 0.25) is 0 Å². The lowest BCUT2D eigenvalue weighted by Crippen LogP contribution is -2.30. The molecule has 0 aliphatic heterocycles. The Balaban J connectivity index is 1.97. The van der Waals surface area contributed by atoms with E-state index in [4.69, 9.17) is 4.74 Å². The lowest BCUT2D eigenvalue weighted by molar-refractivity contribution is 0.185. The van der Waals surface area contributed by atoms with Gasteiger partial charge in [0.2, 0.25) is 0 Å². The Hall–Kier alpha value is -2.40. The van der Waals surface area contributed by atoms with E-state index >= 15 is 0 Å². The minimum atomic E-state index is -0.307. The van der Waals surface area contributed by atoms with Gasteiger partial charge in [0.1, 0.15) is 5.82 Å². The van der Waals surface area contributed by atoms with Crippen LogP contribution in [0.1, 0.15) is 11.1 Å². The number of urea groups is 1. The van der Waals surface area contributed by atoms with Crippen LogP contribution < -0.4 is 5.32 Å². The summed E-state index contributed by atoms with van der Waals surface area (Å²) >= 11 is 0. The van der Waals surface area contributed by atoms with Crippen molar-refractivity contribution in [1.82, 2.24) is 4.90 Å². The molecule has 0 saturated carbocycles. The molecular formula is C17H19FN2O2. The molecule has 0 aromatic heterocycles. The molecule has 116 valence electrons. The Kier molecular flexibility index (Phi) is 5.49. The van der Waals surface area contributed by atoms with Crippen LogP contribution in [-0.4, -0.2) is 25.1 Å². The van der Waals surface area contributed by atoms with Gasteiger partial charge in [0.25, 0.3) is 0 Å². The van der Waals surface area contributed by atoms with Crippen molar-refractivity contribution in [3.05, 3.63) is 65.5 Å². The number of hydrogen-bond donors (Lipinski definition) is 1. The van der Waals surface area contributed by atoms with Crippen LogP contribution in [0.5, 0.6) is 0 Å². The third-order valence-electron chi connectivity index (χ3n) is 3.14. The number of methoxy groups -OCH3 is 1. The highest BCUT2D eigenvalue weighted by Gasteiger charge is 2.10. The summed E-state index contributed by atoms with van der Waals surface area (Å²) in [7, 11) is 3.29. The molecule has 2 aromatic rings. The van der Waals surface area contributed by atoms with E-state index in [2.05, 4.69) is 5.32 Å². The van der Waals surface area contributed by atoms with Crippen molar-refractivity contribution >= 4 is 11.7 Å². The van der Waals surface area contributed by atoms with Gasteiger partial charge in [0, 0.05) is 26.4 Å². The van der Waals surface area contributed by atoms with Crippen LogP contribution in [0.25, 0.3) is 0 Å². The Morgan fingerprint density at radius 2 is 1.91 bits per heavy atom. The Labute approximate surface area is 129 Å². The van der Waals surface area contributed by atoms with E-state index in [0.29, 0.717) is 18.8 Å². The van der Waals surface area contributed by atoms with Crippen LogP contribution in [0.4, 0.5) is 14.9 Å². The smallest absolute Gasteiger partial charge is 0.321 e. The van der Waals surface area contributed by atoms with Gasteiger partial charge in [-0.1, -0.05) is 24.3 Å². The number of ether oxygens (including phenoxy) is 1. The molecule has 0 heterocycles. The number of carbonyl (C=O) groups excluding carboxylic acids is 1. The second-order valence-corrected chi connectivity index (χ2v) is 5.05. The predicted molar refractivity (Wildman–Crippen MR) is 84.0 cm³/mol. The van der Waals surface area contributed by atoms with E-state index in [1.807, 2.05) is 24.3 Å². The van der Waals surface area contributed by atoms with Crippen LogP contribution in [-0.2, 0) is 17.9 Å². The van der Waals surface area contributed by atoms with Gasteiger partial charge in [-0.2, -0.15) is 0 Å². The van der Waals surface area contributed by atoms with Crippen molar-refractivity contribution in [2.24, 2.45) is 0 Å². The normalized spacial score (nSPS) is 10.3. The molecule has 0 radical (unpaired) electrons. The van der Waals surface area contributed by atoms with E-state index in [-0.39, 0.29) is 11.8 Å². The number of carbonyl (C=O) groups is 1. The highest BCUT2D eigenvalue weighted by molar-refractivity contribution is 5.89. The fraction of sp³-hybridized carbons (Fsp3) is 0.235. The number of hydrogen-bond acceptors (Lipinski definition) is 2.